The number of halogens is 1. The van der Waals surface area contributed by atoms with Crippen LogP contribution >= 0.6 is 0 Å². The fourth-order valence-electron chi connectivity index (χ4n) is 7.43. The molecule has 2 heterocycles. The molecule has 1 N–H and O–H groups in total. The van der Waals surface area contributed by atoms with Crippen LogP contribution in [0.15, 0.2) is 30.3 Å². The van der Waals surface area contributed by atoms with Crippen LogP contribution in [0.5, 0.6) is 5.75 Å². The molecule has 3 unspecified atom stereocenters. The van der Waals surface area contributed by atoms with E-state index >= 15 is 0 Å². The summed E-state index contributed by atoms with van der Waals surface area (Å²) in [5.74, 6) is 0.658. The summed E-state index contributed by atoms with van der Waals surface area (Å²) >= 11 is 0. The van der Waals surface area contributed by atoms with Gasteiger partial charge in [0.25, 0.3) is 0 Å². The van der Waals surface area contributed by atoms with E-state index in [9.17, 15) is 14.3 Å². The number of alkyl halides is 1. The van der Waals surface area contributed by atoms with Gasteiger partial charge in [0.1, 0.15) is 12.4 Å². The van der Waals surface area contributed by atoms with Crippen LogP contribution in [0.2, 0.25) is 0 Å². The maximum atomic E-state index is 14.3. The predicted octanol–water partition coefficient (Wildman–Crippen LogP) is 7.83. The van der Waals surface area contributed by atoms with E-state index in [1.54, 1.807) is 0 Å². The molecule has 1 saturated carbocycles. The van der Waals surface area contributed by atoms with Gasteiger partial charge in [-0.05, 0) is 92.2 Å². The Kier molecular flexibility index (Phi) is 7.85. The van der Waals surface area contributed by atoms with Gasteiger partial charge in [-0.15, -0.1) is 0 Å². The summed E-state index contributed by atoms with van der Waals surface area (Å²) < 4.78 is 20.7. The summed E-state index contributed by atoms with van der Waals surface area (Å²) in [6, 6.07) is 11.5. The van der Waals surface area contributed by atoms with Crippen LogP contribution < -0.4 is 4.74 Å². The van der Waals surface area contributed by atoms with Crippen molar-refractivity contribution < 1.29 is 19.0 Å². The number of carbonyl (C=O) groups is 1. The molecule has 3 fully saturated rings. The number of nitrogens with zero attached hydrogens (tertiary/aromatic N) is 1. The Morgan fingerprint density at radius 2 is 1.78 bits per heavy atom. The molecule has 0 amide bonds. The van der Waals surface area contributed by atoms with E-state index in [1.165, 1.54) is 31.2 Å². The van der Waals surface area contributed by atoms with E-state index in [1.807, 2.05) is 6.07 Å². The van der Waals surface area contributed by atoms with Crippen molar-refractivity contribution in [3.63, 3.8) is 0 Å². The summed E-state index contributed by atoms with van der Waals surface area (Å²) in [4.78, 5) is 14.4. The molecule has 2 aliphatic heterocycles. The predicted molar refractivity (Wildman–Crippen MR) is 142 cm³/mol. The second kappa shape index (κ2) is 11.1. The first-order valence-electron chi connectivity index (χ1n) is 14.3. The molecule has 2 aromatic carbocycles. The van der Waals surface area contributed by atoms with E-state index in [0.29, 0.717) is 23.4 Å². The van der Waals surface area contributed by atoms with Crippen LogP contribution in [-0.4, -0.2) is 34.2 Å². The summed E-state index contributed by atoms with van der Waals surface area (Å²) in [6.07, 6.45) is 11.8. The zero-order chi connectivity index (χ0) is 25.2. The first-order valence-corrected chi connectivity index (χ1v) is 14.3. The van der Waals surface area contributed by atoms with Crippen molar-refractivity contribution in [2.45, 2.75) is 115 Å². The molecule has 0 spiro atoms. The highest BCUT2D eigenvalue weighted by molar-refractivity contribution is 5.88. The number of hydrogen-bond donors (Lipinski definition) is 1. The van der Waals surface area contributed by atoms with E-state index in [-0.39, 0.29) is 18.1 Å². The average Bonchev–Trinajstić information content (AvgIpc) is 2.89. The lowest BCUT2D eigenvalue weighted by molar-refractivity contribution is -0.147. The van der Waals surface area contributed by atoms with Gasteiger partial charge in [-0.2, -0.15) is 0 Å². The van der Waals surface area contributed by atoms with Crippen LogP contribution in [0.25, 0.3) is 10.8 Å². The number of hydrogen-bond acceptors (Lipinski definition) is 3. The first-order chi connectivity index (χ1) is 17.5. The minimum Gasteiger partial charge on any atom is -0.490 e. The lowest BCUT2D eigenvalue weighted by Crippen LogP contribution is -2.54. The second-order valence-electron chi connectivity index (χ2n) is 11.4. The number of rotatable bonds is 8. The summed E-state index contributed by atoms with van der Waals surface area (Å²) in [5.41, 5.74) is 1.93. The van der Waals surface area contributed by atoms with E-state index in [4.69, 9.17) is 4.74 Å². The van der Waals surface area contributed by atoms with Gasteiger partial charge in [0, 0.05) is 23.7 Å². The Hall–Kier alpha value is -2.14. The third kappa shape index (κ3) is 5.01. The Bertz CT molecular complexity index is 1050. The average molecular weight is 496 g/mol. The van der Waals surface area contributed by atoms with Crippen molar-refractivity contribution in [3.8, 4) is 5.75 Å². The van der Waals surface area contributed by atoms with Crippen LogP contribution in [0, 0.1) is 11.8 Å². The Morgan fingerprint density at radius 3 is 2.39 bits per heavy atom. The van der Waals surface area contributed by atoms with Crippen molar-refractivity contribution >= 4 is 16.7 Å². The van der Waals surface area contributed by atoms with Crippen molar-refractivity contribution in [1.82, 2.24) is 4.90 Å². The molecule has 0 radical (unpaired) electrons. The highest BCUT2D eigenvalue weighted by Crippen LogP contribution is 2.44. The molecule has 2 aromatic rings. The normalized spacial score (nSPS) is 29.7. The van der Waals surface area contributed by atoms with Crippen LogP contribution in [0.1, 0.15) is 102 Å². The minimum absolute atomic E-state index is 0.187. The fourth-order valence-corrected chi connectivity index (χ4v) is 7.43. The molecule has 3 aliphatic rings. The molecular formula is C31H42FNO3. The van der Waals surface area contributed by atoms with Gasteiger partial charge in [-0.3, -0.25) is 9.69 Å². The maximum Gasteiger partial charge on any atom is 0.306 e. The lowest BCUT2D eigenvalue weighted by atomic mass is 9.76. The topological polar surface area (TPSA) is 49.8 Å². The van der Waals surface area contributed by atoms with Gasteiger partial charge < -0.3 is 9.84 Å². The Balaban J connectivity index is 1.39. The Labute approximate surface area is 215 Å². The van der Waals surface area contributed by atoms with Crippen molar-refractivity contribution in [3.05, 3.63) is 41.5 Å². The number of carboxylic acid groups (broad SMARTS) is 1. The van der Waals surface area contributed by atoms with Crippen LogP contribution in [0.4, 0.5) is 4.39 Å². The number of aliphatic carboxylic acids is 1. The third-order valence-corrected chi connectivity index (χ3v) is 9.42. The van der Waals surface area contributed by atoms with Gasteiger partial charge in [-0.25, -0.2) is 4.39 Å². The molecule has 3 atom stereocenters. The second-order valence-corrected chi connectivity index (χ2v) is 11.4. The molecule has 1 aliphatic carbocycles. The third-order valence-electron chi connectivity index (χ3n) is 9.42. The van der Waals surface area contributed by atoms with E-state index < -0.39 is 12.6 Å². The zero-order valence-corrected chi connectivity index (χ0v) is 21.9. The molecule has 5 rings (SSSR count). The van der Waals surface area contributed by atoms with Crippen LogP contribution in [0.3, 0.4) is 0 Å². The summed E-state index contributed by atoms with van der Waals surface area (Å²) in [7, 11) is 0. The van der Waals surface area contributed by atoms with Gasteiger partial charge in [-0.1, -0.05) is 44.9 Å². The molecule has 196 valence electrons. The maximum absolute atomic E-state index is 14.3. The van der Waals surface area contributed by atoms with E-state index in [2.05, 4.69) is 43.0 Å². The number of piperidine rings is 2. The van der Waals surface area contributed by atoms with Crippen molar-refractivity contribution in [2.75, 3.05) is 0 Å². The van der Waals surface area contributed by atoms with Crippen LogP contribution in [-0.2, 0) is 11.5 Å². The molecule has 2 bridgehead atoms. The monoisotopic (exact) mass is 495 g/mol. The smallest absolute Gasteiger partial charge is 0.306 e. The van der Waals surface area contributed by atoms with E-state index in [0.717, 1.165) is 61.6 Å². The first kappa shape index (κ1) is 25.5. The largest absolute Gasteiger partial charge is 0.490 e. The molecule has 36 heavy (non-hydrogen) atoms. The number of benzene rings is 2. The Morgan fingerprint density at radius 1 is 1.06 bits per heavy atom. The van der Waals surface area contributed by atoms with Gasteiger partial charge in [0.2, 0.25) is 0 Å². The quantitative estimate of drug-likeness (QED) is 0.405. The fraction of sp³-hybridized carbons (Fsp3) is 0.645. The number of fused-ring (bicyclic) bond motifs is 3. The molecule has 2 saturated heterocycles. The molecular weight excluding hydrogens is 453 g/mol. The van der Waals surface area contributed by atoms with Gasteiger partial charge >= 0.3 is 5.97 Å². The van der Waals surface area contributed by atoms with Crippen molar-refractivity contribution in [2.24, 2.45) is 11.8 Å². The molecule has 0 aromatic heterocycles. The van der Waals surface area contributed by atoms with Gasteiger partial charge in [0.15, 0.2) is 0 Å². The lowest BCUT2D eigenvalue weighted by Gasteiger charge is -2.51. The summed E-state index contributed by atoms with van der Waals surface area (Å²) in [5, 5.41) is 11.7. The molecule has 4 nitrogen and oxygen atoms in total. The zero-order valence-electron chi connectivity index (χ0n) is 21.9. The number of carboxylic acids is 1. The summed E-state index contributed by atoms with van der Waals surface area (Å²) in [6.45, 7) is 3.96. The molecule has 5 heteroatoms. The minimum atomic E-state index is -0.638. The van der Waals surface area contributed by atoms with Gasteiger partial charge in [0.05, 0.1) is 12.0 Å². The standard InChI is InChI=1S/C31H42FNO3/c1-3-20-8-12-26(13-9-20)36-30-15-11-21-16-22(10-14-27(21)28(30)19-32)29(4-2)33-24-6-5-7-25(33)18-23(17-24)31(34)35/h10-11,14-16,20,23-26,29H,3-9,12-13,17-19H2,1-2H3,(H,34,35). The SMILES string of the molecule is CCC1CCC(Oc2ccc3cc(C(CC)N4C5CCCC4CC(C(=O)O)C5)ccc3c2CF)CC1. The number of ether oxygens (including phenoxy) is 1. The highest BCUT2D eigenvalue weighted by Gasteiger charge is 2.43. The highest BCUT2D eigenvalue weighted by atomic mass is 19.1. The van der Waals surface area contributed by atoms with Crippen molar-refractivity contribution in [1.29, 1.82) is 0 Å².